The van der Waals surface area contributed by atoms with Crippen LogP contribution in [0.2, 0.25) is 0 Å². The molecule has 1 unspecified atom stereocenters. The Morgan fingerprint density at radius 3 is 2.55 bits per heavy atom. The van der Waals surface area contributed by atoms with Gasteiger partial charge in [0.25, 0.3) is 5.91 Å². The highest BCUT2D eigenvalue weighted by Gasteiger charge is 2.51. The second-order valence-electron chi connectivity index (χ2n) is 5.32. The molecule has 0 bridgehead atoms. The smallest absolute Gasteiger partial charge is 0.319 e. The fraction of sp³-hybridized carbons (Fsp3) is 0.375. The van der Waals surface area contributed by atoms with Gasteiger partial charge < -0.3 is 9.90 Å². The maximum Gasteiger partial charge on any atom is 0.319 e. The summed E-state index contributed by atoms with van der Waals surface area (Å²) < 4.78 is 0. The minimum absolute atomic E-state index is 0.0224. The molecule has 22 heavy (non-hydrogen) atoms. The van der Waals surface area contributed by atoms with Gasteiger partial charge in [-0.1, -0.05) is 18.2 Å². The van der Waals surface area contributed by atoms with Crippen LogP contribution >= 0.6 is 0 Å². The first-order valence-electron chi connectivity index (χ1n) is 7.11. The minimum atomic E-state index is -1.68. The monoisotopic (exact) mass is 303 g/mol. The lowest BCUT2D eigenvalue weighted by Crippen LogP contribution is -2.54. The zero-order valence-corrected chi connectivity index (χ0v) is 12.0. The third-order valence-electron chi connectivity index (χ3n) is 4.00. The first-order chi connectivity index (χ1) is 10.5. The van der Waals surface area contributed by atoms with Gasteiger partial charge in [-0.2, -0.15) is 0 Å². The number of aldehydes is 1. The average molecular weight is 303 g/mol. The largest absolute Gasteiger partial charge is 0.480 e. The van der Waals surface area contributed by atoms with Crippen LogP contribution in [0, 0.1) is 5.41 Å². The summed E-state index contributed by atoms with van der Waals surface area (Å²) in [7, 11) is 0. The normalized spacial score (nSPS) is 21.5. The van der Waals surface area contributed by atoms with Gasteiger partial charge in [0.15, 0.2) is 0 Å². The SMILES string of the molecule is O=CCCC1(C(=O)O)CCCN(C(=O)c2ccccc2)C1=O. The molecule has 2 rings (SSSR count). The van der Waals surface area contributed by atoms with Gasteiger partial charge in [0, 0.05) is 18.5 Å². The number of benzene rings is 1. The molecule has 2 amide bonds. The number of carbonyl (C=O) groups is 4. The van der Waals surface area contributed by atoms with Crippen molar-refractivity contribution in [1.29, 1.82) is 0 Å². The van der Waals surface area contributed by atoms with Crippen LogP contribution in [-0.4, -0.2) is 40.6 Å². The molecule has 1 N–H and O–H groups in total. The van der Waals surface area contributed by atoms with Crippen molar-refractivity contribution >= 4 is 24.1 Å². The van der Waals surface area contributed by atoms with Gasteiger partial charge in [0.2, 0.25) is 5.91 Å². The highest BCUT2D eigenvalue weighted by atomic mass is 16.4. The number of piperidine rings is 1. The molecule has 1 aromatic carbocycles. The second-order valence-corrected chi connectivity index (χ2v) is 5.32. The van der Waals surface area contributed by atoms with Crippen molar-refractivity contribution in [3.63, 3.8) is 0 Å². The Bertz CT molecular complexity index is 598. The first kappa shape index (κ1) is 15.9. The Kier molecular flexibility index (Phi) is 4.70. The molecule has 0 radical (unpaired) electrons. The maximum atomic E-state index is 12.6. The van der Waals surface area contributed by atoms with Crippen molar-refractivity contribution in [2.75, 3.05) is 6.54 Å². The van der Waals surface area contributed by atoms with E-state index in [2.05, 4.69) is 0 Å². The molecule has 1 aromatic rings. The Labute approximate surface area is 127 Å². The predicted octanol–water partition coefficient (Wildman–Crippen LogP) is 1.50. The van der Waals surface area contributed by atoms with Crippen LogP contribution < -0.4 is 0 Å². The summed E-state index contributed by atoms with van der Waals surface area (Å²) in [6.07, 6.45) is 1.05. The van der Waals surface area contributed by atoms with E-state index in [0.717, 1.165) is 4.90 Å². The van der Waals surface area contributed by atoms with Gasteiger partial charge in [0.1, 0.15) is 11.7 Å². The van der Waals surface area contributed by atoms with E-state index in [0.29, 0.717) is 18.3 Å². The Balaban J connectivity index is 2.30. The fourth-order valence-electron chi connectivity index (χ4n) is 2.78. The van der Waals surface area contributed by atoms with Crippen LogP contribution in [0.3, 0.4) is 0 Å². The summed E-state index contributed by atoms with van der Waals surface area (Å²) >= 11 is 0. The number of hydrogen-bond donors (Lipinski definition) is 1. The molecule has 0 aliphatic carbocycles. The summed E-state index contributed by atoms with van der Waals surface area (Å²) in [5, 5.41) is 9.48. The van der Waals surface area contributed by atoms with Crippen LogP contribution in [0.25, 0.3) is 0 Å². The van der Waals surface area contributed by atoms with Gasteiger partial charge in [-0.05, 0) is 31.4 Å². The van der Waals surface area contributed by atoms with Gasteiger partial charge in [-0.3, -0.25) is 19.3 Å². The molecule has 1 atom stereocenters. The number of rotatable bonds is 5. The van der Waals surface area contributed by atoms with E-state index in [9.17, 15) is 24.3 Å². The Hall–Kier alpha value is -2.50. The van der Waals surface area contributed by atoms with Crippen molar-refractivity contribution < 1.29 is 24.3 Å². The molecule has 1 saturated heterocycles. The number of carboxylic acids is 1. The average Bonchev–Trinajstić information content (AvgIpc) is 2.54. The number of aliphatic carboxylic acids is 1. The van der Waals surface area contributed by atoms with Crippen molar-refractivity contribution in [2.45, 2.75) is 25.7 Å². The molecular formula is C16H17NO5. The van der Waals surface area contributed by atoms with E-state index in [4.69, 9.17) is 0 Å². The highest BCUT2D eigenvalue weighted by molar-refractivity contribution is 6.12. The number of imide groups is 1. The zero-order valence-electron chi connectivity index (χ0n) is 12.0. The second kappa shape index (κ2) is 6.51. The van der Waals surface area contributed by atoms with E-state index in [1.165, 1.54) is 0 Å². The van der Waals surface area contributed by atoms with Crippen LogP contribution in [0.5, 0.6) is 0 Å². The molecule has 1 aliphatic rings. The maximum absolute atomic E-state index is 12.6. The highest BCUT2D eigenvalue weighted by Crippen LogP contribution is 2.36. The number of likely N-dealkylation sites (tertiary alicyclic amines) is 1. The summed E-state index contributed by atoms with van der Waals surface area (Å²) in [5.41, 5.74) is -1.34. The van der Waals surface area contributed by atoms with Crippen molar-refractivity contribution in [3.05, 3.63) is 35.9 Å². The third kappa shape index (κ3) is 2.77. The lowest BCUT2D eigenvalue weighted by Gasteiger charge is -2.37. The van der Waals surface area contributed by atoms with E-state index in [-0.39, 0.29) is 25.8 Å². The van der Waals surface area contributed by atoms with Gasteiger partial charge in [0.05, 0.1) is 0 Å². The third-order valence-corrected chi connectivity index (χ3v) is 4.00. The first-order valence-corrected chi connectivity index (χ1v) is 7.11. The summed E-state index contributed by atoms with van der Waals surface area (Å²) in [5.74, 6) is -2.49. The molecular weight excluding hydrogens is 286 g/mol. The molecule has 6 heteroatoms. The van der Waals surface area contributed by atoms with Crippen LogP contribution in [0.1, 0.15) is 36.0 Å². The van der Waals surface area contributed by atoms with Gasteiger partial charge in [-0.25, -0.2) is 0 Å². The molecule has 1 aliphatic heterocycles. The lowest BCUT2D eigenvalue weighted by molar-refractivity contribution is -0.163. The van der Waals surface area contributed by atoms with Crippen molar-refractivity contribution in [2.24, 2.45) is 5.41 Å². The van der Waals surface area contributed by atoms with Gasteiger partial charge in [-0.15, -0.1) is 0 Å². The van der Waals surface area contributed by atoms with Crippen molar-refractivity contribution in [3.8, 4) is 0 Å². The van der Waals surface area contributed by atoms with Crippen LogP contribution in [-0.2, 0) is 14.4 Å². The van der Waals surface area contributed by atoms with Crippen LogP contribution in [0.15, 0.2) is 30.3 Å². The van der Waals surface area contributed by atoms with Crippen molar-refractivity contribution in [1.82, 2.24) is 4.90 Å². The standard InChI is InChI=1S/C16H17NO5/c18-11-5-9-16(15(21)22)8-4-10-17(14(16)20)13(19)12-6-2-1-3-7-12/h1-3,6-7,11H,4-5,8-10H2,(H,21,22). The number of nitrogens with zero attached hydrogens (tertiary/aromatic N) is 1. The number of hydrogen-bond acceptors (Lipinski definition) is 4. The topological polar surface area (TPSA) is 91.8 Å². The molecule has 116 valence electrons. The Morgan fingerprint density at radius 2 is 1.95 bits per heavy atom. The summed E-state index contributed by atoms with van der Waals surface area (Å²) in [6, 6.07) is 8.27. The van der Waals surface area contributed by atoms with E-state index in [1.54, 1.807) is 30.3 Å². The lowest BCUT2D eigenvalue weighted by atomic mass is 9.75. The number of carboxylic acid groups (broad SMARTS) is 1. The molecule has 0 saturated carbocycles. The molecule has 6 nitrogen and oxygen atoms in total. The number of carbonyl (C=O) groups excluding carboxylic acids is 3. The Morgan fingerprint density at radius 1 is 1.27 bits per heavy atom. The van der Waals surface area contributed by atoms with Crippen LogP contribution in [0.4, 0.5) is 0 Å². The summed E-state index contributed by atoms with van der Waals surface area (Å²) in [4.78, 5) is 48.2. The molecule has 1 fully saturated rings. The zero-order chi connectivity index (χ0) is 16.2. The van der Waals surface area contributed by atoms with E-state index >= 15 is 0 Å². The fourth-order valence-corrected chi connectivity index (χ4v) is 2.78. The summed E-state index contributed by atoms with van der Waals surface area (Å²) in [6.45, 7) is 0.197. The minimum Gasteiger partial charge on any atom is -0.480 e. The molecule has 1 heterocycles. The quantitative estimate of drug-likeness (QED) is 0.505. The predicted molar refractivity (Wildman–Crippen MR) is 77.1 cm³/mol. The van der Waals surface area contributed by atoms with E-state index < -0.39 is 23.2 Å². The molecule has 0 spiro atoms. The van der Waals surface area contributed by atoms with E-state index in [1.807, 2.05) is 0 Å². The number of amides is 2. The van der Waals surface area contributed by atoms with Gasteiger partial charge >= 0.3 is 5.97 Å². The molecule has 0 aromatic heterocycles.